The summed E-state index contributed by atoms with van der Waals surface area (Å²) in [6, 6.07) is 16.2. The number of nitro benzene ring substituents is 1. The Balaban J connectivity index is 1.71. The molecule has 148 valence electrons. The van der Waals surface area contributed by atoms with Gasteiger partial charge in [-0.3, -0.25) is 10.1 Å². The van der Waals surface area contributed by atoms with Crippen molar-refractivity contribution < 1.29 is 4.92 Å². The number of likely N-dealkylation sites (N-methyl/N-ethyl adjacent to an activating group) is 1. The van der Waals surface area contributed by atoms with E-state index >= 15 is 0 Å². The number of hydrogen-bond acceptors (Lipinski definition) is 5. The van der Waals surface area contributed by atoms with Crippen LogP contribution in [0.15, 0.2) is 48.5 Å². The van der Waals surface area contributed by atoms with E-state index in [2.05, 4.69) is 46.0 Å². The van der Waals surface area contributed by atoms with Gasteiger partial charge < -0.3 is 14.7 Å². The molecule has 0 aromatic heterocycles. The van der Waals surface area contributed by atoms with Crippen molar-refractivity contribution in [1.29, 1.82) is 0 Å². The minimum absolute atomic E-state index is 0.191. The summed E-state index contributed by atoms with van der Waals surface area (Å²) < 4.78 is 0. The number of nitrogens with zero attached hydrogens (tertiary/aromatic N) is 4. The predicted molar refractivity (Wildman–Crippen MR) is 113 cm³/mol. The van der Waals surface area contributed by atoms with Gasteiger partial charge in [0, 0.05) is 44.5 Å². The van der Waals surface area contributed by atoms with E-state index in [1.54, 1.807) is 6.07 Å². The molecule has 6 nitrogen and oxygen atoms in total. The standard InChI is InChI=1S/C22H28N4O2/c1-23-13-15-24(16-14-23)19-10-11-21(26(27)28)22(17-19)25-12-6-5-9-20(25)18-7-3-2-4-8-18/h2-4,7-8,10-11,17,20H,5-6,9,12-16H2,1H3/t20-/m1/s1. The number of anilines is 2. The van der Waals surface area contributed by atoms with Crippen molar-refractivity contribution in [2.75, 3.05) is 49.6 Å². The maximum atomic E-state index is 11.8. The summed E-state index contributed by atoms with van der Waals surface area (Å²) >= 11 is 0. The lowest BCUT2D eigenvalue weighted by atomic mass is 9.94. The lowest BCUT2D eigenvalue weighted by Gasteiger charge is -2.39. The van der Waals surface area contributed by atoms with Gasteiger partial charge in [0.15, 0.2) is 0 Å². The monoisotopic (exact) mass is 380 g/mol. The van der Waals surface area contributed by atoms with Gasteiger partial charge in [0.05, 0.1) is 11.0 Å². The zero-order chi connectivity index (χ0) is 19.5. The minimum Gasteiger partial charge on any atom is -0.369 e. The number of piperidine rings is 1. The number of benzene rings is 2. The molecule has 0 spiro atoms. The first kappa shape index (κ1) is 18.7. The molecule has 28 heavy (non-hydrogen) atoms. The normalized spacial score (nSPS) is 21.0. The number of nitro groups is 1. The molecule has 4 rings (SSSR count). The first-order valence-electron chi connectivity index (χ1n) is 10.2. The van der Waals surface area contributed by atoms with Gasteiger partial charge in [0.1, 0.15) is 5.69 Å². The van der Waals surface area contributed by atoms with Crippen LogP contribution >= 0.6 is 0 Å². The molecule has 2 fully saturated rings. The Labute approximate surface area is 166 Å². The molecule has 2 aliphatic heterocycles. The third-order valence-corrected chi connectivity index (χ3v) is 6.02. The van der Waals surface area contributed by atoms with Crippen molar-refractivity contribution in [3.8, 4) is 0 Å². The fraction of sp³-hybridized carbons (Fsp3) is 0.455. The first-order valence-corrected chi connectivity index (χ1v) is 10.2. The molecule has 0 amide bonds. The molecule has 0 saturated carbocycles. The average molecular weight is 380 g/mol. The van der Waals surface area contributed by atoms with Gasteiger partial charge in [-0.1, -0.05) is 30.3 Å². The molecule has 2 aromatic rings. The third-order valence-electron chi connectivity index (χ3n) is 6.02. The van der Waals surface area contributed by atoms with Crippen molar-refractivity contribution in [3.63, 3.8) is 0 Å². The number of piperazine rings is 1. The maximum Gasteiger partial charge on any atom is 0.292 e. The molecular formula is C22H28N4O2. The second-order valence-electron chi connectivity index (χ2n) is 7.84. The van der Waals surface area contributed by atoms with E-state index in [-0.39, 0.29) is 16.7 Å². The third kappa shape index (κ3) is 3.83. The van der Waals surface area contributed by atoms with Crippen LogP contribution in [-0.2, 0) is 0 Å². The Morgan fingerprint density at radius 3 is 2.43 bits per heavy atom. The summed E-state index contributed by atoms with van der Waals surface area (Å²) in [6.07, 6.45) is 3.25. The fourth-order valence-corrected chi connectivity index (χ4v) is 4.40. The molecule has 0 radical (unpaired) electrons. The molecule has 2 heterocycles. The highest BCUT2D eigenvalue weighted by Gasteiger charge is 2.30. The topological polar surface area (TPSA) is 52.9 Å². The second-order valence-corrected chi connectivity index (χ2v) is 7.84. The van der Waals surface area contributed by atoms with Crippen LogP contribution in [0, 0.1) is 10.1 Å². The van der Waals surface area contributed by atoms with Gasteiger partial charge in [0.2, 0.25) is 0 Å². The second kappa shape index (κ2) is 8.19. The number of rotatable bonds is 4. The summed E-state index contributed by atoms with van der Waals surface area (Å²) in [6.45, 7) is 4.80. The van der Waals surface area contributed by atoms with Crippen LogP contribution in [0.1, 0.15) is 30.9 Å². The molecule has 0 bridgehead atoms. The summed E-state index contributed by atoms with van der Waals surface area (Å²) in [5.74, 6) is 0. The summed E-state index contributed by atoms with van der Waals surface area (Å²) in [7, 11) is 2.14. The Morgan fingerprint density at radius 1 is 0.964 bits per heavy atom. The van der Waals surface area contributed by atoms with Crippen molar-refractivity contribution in [2.45, 2.75) is 25.3 Å². The van der Waals surface area contributed by atoms with E-state index in [1.807, 2.05) is 18.2 Å². The van der Waals surface area contributed by atoms with E-state index in [0.717, 1.165) is 63.4 Å². The van der Waals surface area contributed by atoms with Gasteiger partial charge in [-0.2, -0.15) is 0 Å². The van der Waals surface area contributed by atoms with Crippen LogP contribution in [0.5, 0.6) is 0 Å². The smallest absolute Gasteiger partial charge is 0.292 e. The highest BCUT2D eigenvalue weighted by atomic mass is 16.6. The Morgan fingerprint density at radius 2 is 1.71 bits per heavy atom. The zero-order valence-corrected chi connectivity index (χ0v) is 16.5. The lowest BCUT2D eigenvalue weighted by molar-refractivity contribution is -0.384. The molecule has 6 heteroatoms. The molecule has 2 aliphatic rings. The van der Waals surface area contributed by atoms with Gasteiger partial charge >= 0.3 is 0 Å². The van der Waals surface area contributed by atoms with Crippen molar-refractivity contribution >= 4 is 17.1 Å². The molecular weight excluding hydrogens is 352 g/mol. The van der Waals surface area contributed by atoms with Crippen LogP contribution in [-0.4, -0.2) is 49.6 Å². The Kier molecular flexibility index (Phi) is 5.48. The van der Waals surface area contributed by atoms with E-state index in [9.17, 15) is 10.1 Å². The van der Waals surface area contributed by atoms with E-state index in [1.165, 1.54) is 5.56 Å². The molecule has 2 aromatic carbocycles. The molecule has 1 atom stereocenters. The largest absolute Gasteiger partial charge is 0.369 e. The van der Waals surface area contributed by atoms with Crippen LogP contribution in [0.4, 0.5) is 17.1 Å². The first-order chi connectivity index (χ1) is 13.6. The average Bonchev–Trinajstić information content (AvgIpc) is 2.74. The van der Waals surface area contributed by atoms with Crippen LogP contribution in [0.2, 0.25) is 0 Å². The molecule has 0 aliphatic carbocycles. The summed E-state index contributed by atoms with van der Waals surface area (Å²) in [5.41, 5.74) is 3.29. The molecule has 2 saturated heterocycles. The van der Waals surface area contributed by atoms with Crippen molar-refractivity contribution in [2.24, 2.45) is 0 Å². The number of hydrogen-bond donors (Lipinski definition) is 0. The maximum absolute atomic E-state index is 11.8. The lowest BCUT2D eigenvalue weighted by Crippen LogP contribution is -2.44. The van der Waals surface area contributed by atoms with Crippen LogP contribution in [0.25, 0.3) is 0 Å². The minimum atomic E-state index is -0.236. The van der Waals surface area contributed by atoms with Crippen molar-refractivity contribution in [1.82, 2.24) is 4.90 Å². The van der Waals surface area contributed by atoms with Crippen molar-refractivity contribution in [3.05, 3.63) is 64.2 Å². The van der Waals surface area contributed by atoms with Gasteiger partial charge in [0.25, 0.3) is 5.69 Å². The highest BCUT2D eigenvalue weighted by Crippen LogP contribution is 2.41. The molecule has 0 N–H and O–H groups in total. The van der Waals surface area contributed by atoms with Crippen LogP contribution < -0.4 is 9.80 Å². The van der Waals surface area contributed by atoms with E-state index in [0.29, 0.717) is 0 Å². The Bertz CT molecular complexity index is 819. The zero-order valence-electron chi connectivity index (χ0n) is 16.5. The highest BCUT2D eigenvalue weighted by molar-refractivity contribution is 5.71. The van der Waals surface area contributed by atoms with E-state index in [4.69, 9.17) is 0 Å². The SMILES string of the molecule is CN1CCN(c2ccc([N+](=O)[O-])c(N3CCCC[C@@H]3c3ccccc3)c2)CC1. The van der Waals surface area contributed by atoms with Crippen LogP contribution in [0.3, 0.4) is 0 Å². The van der Waals surface area contributed by atoms with Gasteiger partial charge in [-0.15, -0.1) is 0 Å². The molecule has 0 unspecified atom stereocenters. The van der Waals surface area contributed by atoms with Gasteiger partial charge in [-0.25, -0.2) is 0 Å². The van der Waals surface area contributed by atoms with Gasteiger partial charge in [-0.05, 0) is 44.0 Å². The Hall–Kier alpha value is -2.60. The summed E-state index contributed by atoms with van der Waals surface area (Å²) in [4.78, 5) is 18.5. The fourth-order valence-electron chi connectivity index (χ4n) is 4.40. The summed E-state index contributed by atoms with van der Waals surface area (Å²) in [5, 5.41) is 11.8. The van der Waals surface area contributed by atoms with E-state index < -0.39 is 0 Å². The predicted octanol–water partition coefficient (Wildman–Crippen LogP) is 4.08. The quantitative estimate of drug-likeness (QED) is 0.591.